The first-order valence-electron chi connectivity index (χ1n) is 12.2. The summed E-state index contributed by atoms with van der Waals surface area (Å²) in [6, 6.07) is 7.19. The minimum atomic E-state index is -0.593. The van der Waals surface area contributed by atoms with Gasteiger partial charge in [-0.05, 0) is 60.9 Å². The fraction of sp³-hybridized carbons (Fsp3) is 0.370. The number of benzene rings is 1. The van der Waals surface area contributed by atoms with Gasteiger partial charge in [0, 0.05) is 43.5 Å². The third-order valence-corrected chi connectivity index (χ3v) is 7.85. The number of fused-ring (bicyclic) bond motifs is 1. The molecule has 194 valence electrons. The zero-order valence-corrected chi connectivity index (χ0v) is 21.8. The van der Waals surface area contributed by atoms with Crippen molar-refractivity contribution in [2.45, 2.75) is 19.3 Å². The number of hydrogen-bond acceptors (Lipinski definition) is 5. The van der Waals surface area contributed by atoms with E-state index < -0.39 is 17.6 Å². The maximum absolute atomic E-state index is 14.6. The normalized spacial score (nSPS) is 20.5. The zero-order chi connectivity index (χ0) is 26.3. The Morgan fingerprint density at radius 2 is 2.00 bits per heavy atom. The molecule has 0 bridgehead atoms. The Kier molecular flexibility index (Phi) is 7.25. The minimum Gasteiger partial charge on any atom is -0.395 e. The number of halogens is 3. The second kappa shape index (κ2) is 10.4. The number of hydrogen-bond donors (Lipinski definition) is 2. The van der Waals surface area contributed by atoms with Gasteiger partial charge in [0.2, 0.25) is 0 Å². The number of anilines is 2. The molecule has 1 saturated heterocycles. The van der Waals surface area contributed by atoms with Gasteiger partial charge in [-0.2, -0.15) is 0 Å². The van der Waals surface area contributed by atoms with Crippen LogP contribution in [0.1, 0.15) is 29.8 Å². The van der Waals surface area contributed by atoms with Crippen LogP contribution < -0.4 is 15.1 Å². The lowest BCUT2D eigenvalue weighted by molar-refractivity contribution is -0.114. The summed E-state index contributed by atoms with van der Waals surface area (Å²) in [5.41, 5.74) is 2.92. The molecule has 2 N–H and O–H groups in total. The first kappa shape index (κ1) is 25.7. The summed E-state index contributed by atoms with van der Waals surface area (Å²) < 4.78 is 14.6. The minimum absolute atomic E-state index is 0.0922. The van der Waals surface area contributed by atoms with E-state index in [4.69, 9.17) is 28.3 Å². The Balaban J connectivity index is 1.53. The number of rotatable bonds is 7. The predicted octanol–water partition coefficient (Wildman–Crippen LogP) is 4.68. The first-order valence-corrected chi connectivity index (χ1v) is 13.0. The molecule has 7 nitrogen and oxygen atoms in total. The summed E-state index contributed by atoms with van der Waals surface area (Å²) in [4.78, 5) is 33.6. The molecule has 0 spiro atoms. The van der Waals surface area contributed by atoms with Crippen LogP contribution in [-0.4, -0.2) is 55.2 Å². The number of amides is 2. The van der Waals surface area contributed by atoms with E-state index >= 15 is 0 Å². The highest BCUT2D eigenvalue weighted by Gasteiger charge is 2.45. The number of aliphatic hydroxyl groups is 1. The van der Waals surface area contributed by atoms with Gasteiger partial charge in [-0.15, -0.1) is 0 Å². The van der Waals surface area contributed by atoms with Crippen LogP contribution in [0.4, 0.5) is 15.8 Å². The molecular weight excluding hydrogens is 518 g/mol. The number of nitrogens with zero attached hydrogens (tertiary/aromatic N) is 3. The van der Waals surface area contributed by atoms with E-state index in [0.717, 1.165) is 24.3 Å². The highest BCUT2D eigenvalue weighted by molar-refractivity contribution is 6.34. The molecule has 1 aromatic carbocycles. The van der Waals surface area contributed by atoms with Gasteiger partial charge in [-0.1, -0.05) is 29.3 Å². The molecule has 1 saturated carbocycles. The van der Waals surface area contributed by atoms with E-state index in [1.54, 1.807) is 13.1 Å². The molecule has 2 amide bonds. The van der Waals surface area contributed by atoms with E-state index in [-0.39, 0.29) is 29.5 Å². The Morgan fingerprint density at radius 3 is 2.70 bits per heavy atom. The highest BCUT2D eigenvalue weighted by atomic mass is 35.5. The maximum Gasteiger partial charge on any atom is 0.269 e. The smallest absolute Gasteiger partial charge is 0.269 e. The molecular formula is C27H27Cl2FN4O3. The Morgan fingerprint density at radius 1 is 1.24 bits per heavy atom. The monoisotopic (exact) mass is 544 g/mol. The molecule has 2 fully saturated rings. The number of pyridine rings is 1. The van der Waals surface area contributed by atoms with Crippen LogP contribution in [0.3, 0.4) is 0 Å². The largest absolute Gasteiger partial charge is 0.395 e. The molecule has 2 aromatic rings. The molecule has 37 heavy (non-hydrogen) atoms. The van der Waals surface area contributed by atoms with Gasteiger partial charge in [0.05, 0.1) is 28.6 Å². The molecule has 3 aliphatic rings. The second-order valence-electron chi connectivity index (χ2n) is 9.63. The molecule has 2 heterocycles. The summed E-state index contributed by atoms with van der Waals surface area (Å²) >= 11 is 12.8. The van der Waals surface area contributed by atoms with Crippen LogP contribution in [0, 0.1) is 11.8 Å². The summed E-state index contributed by atoms with van der Waals surface area (Å²) in [7, 11) is 1.62. The van der Waals surface area contributed by atoms with E-state index in [1.807, 2.05) is 18.2 Å². The van der Waals surface area contributed by atoms with Crippen molar-refractivity contribution in [1.29, 1.82) is 0 Å². The summed E-state index contributed by atoms with van der Waals surface area (Å²) in [6.07, 6.45) is 4.92. The van der Waals surface area contributed by atoms with Crippen molar-refractivity contribution in [1.82, 2.24) is 10.3 Å². The van der Waals surface area contributed by atoms with Crippen molar-refractivity contribution in [2.24, 2.45) is 11.8 Å². The van der Waals surface area contributed by atoms with Crippen molar-refractivity contribution >= 4 is 46.4 Å². The molecule has 2 unspecified atom stereocenters. The highest BCUT2D eigenvalue weighted by Crippen LogP contribution is 2.49. The number of aromatic nitrogens is 1. The second-order valence-corrected chi connectivity index (χ2v) is 10.5. The quantitative estimate of drug-likeness (QED) is 0.528. The number of likely N-dealkylation sites (N-methyl/N-ethyl adjacent to an activating group) is 1. The van der Waals surface area contributed by atoms with Gasteiger partial charge < -0.3 is 20.2 Å². The van der Waals surface area contributed by atoms with Crippen LogP contribution in [0.25, 0.3) is 11.1 Å². The fourth-order valence-corrected chi connectivity index (χ4v) is 5.54. The van der Waals surface area contributed by atoms with Gasteiger partial charge >= 0.3 is 0 Å². The van der Waals surface area contributed by atoms with Crippen molar-refractivity contribution in [3.8, 4) is 11.1 Å². The molecule has 1 aromatic heterocycles. The van der Waals surface area contributed by atoms with Crippen molar-refractivity contribution < 1.29 is 19.1 Å². The zero-order valence-electron chi connectivity index (χ0n) is 20.3. The van der Waals surface area contributed by atoms with Gasteiger partial charge in [-0.3, -0.25) is 9.59 Å². The van der Waals surface area contributed by atoms with Gasteiger partial charge in [-0.25, -0.2) is 9.37 Å². The molecule has 0 radical (unpaired) electrons. The van der Waals surface area contributed by atoms with E-state index in [0.29, 0.717) is 41.0 Å². The van der Waals surface area contributed by atoms with Crippen LogP contribution in [0.2, 0.25) is 5.02 Å². The third kappa shape index (κ3) is 5.10. The Bertz CT molecular complexity index is 1320. The van der Waals surface area contributed by atoms with Gasteiger partial charge in [0.25, 0.3) is 11.8 Å². The lowest BCUT2D eigenvalue weighted by atomic mass is 10.0. The predicted molar refractivity (Wildman–Crippen MR) is 143 cm³/mol. The average molecular weight is 545 g/mol. The number of nitrogens with one attached hydrogen (secondary N) is 1. The van der Waals surface area contributed by atoms with Crippen molar-refractivity contribution in [3.63, 3.8) is 0 Å². The fourth-order valence-electron chi connectivity index (χ4n) is 5.04. The summed E-state index contributed by atoms with van der Waals surface area (Å²) in [5.74, 6) is -0.230. The average Bonchev–Trinajstić information content (AvgIpc) is 3.51. The van der Waals surface area contributed by atoms with E-state index in [9.17, 15) is 14.0 Å². The Hall–Kier alpha value is -2.94. The standard InChI is InChI=1S/C27H27Cl2FN4O3/c1-33(27(37)25-19(28)3-2-4-21(25)30)23-6-5-15(10-24(23)34-13-16-9-17(16)14-34)18-11-22(32-12-20(18)29)26(36)31-7-8-35/h4-6,10-12,16-17,35H,2-3,7-9,13-14H2,1H3,(H,31,36). The molecule has 2 atom stereocenters. The first-order chi connectivity index (χ1) is 17.8. The van der Waals surface area contributed by atoms with Gasteiger partial charge in [0.1, 0.15) is 11.5 Å². The SMILES string of the molecule is CN(C(=O)C1=C(Cl)CCC=C1F)c1ccc(-c2cc(C(=O)NCCO)ncc2Cl)cc1N1CC2CC2C1. The lowest BCUT2D eigenvalue weighted by Crippen LogP contribution is -2.32. The van der Waals surface area contributed by atoms with Gasteiger partial charge in [0.15, 0.2) is 0 Å². The molecule has 1 aliphatic heterocycles. The van der Waals surface area contributed by atoms with Crippen molar-refractivity contribution in [2.75, 3.05) is 43.1 Å². The van der Waals surface area contributed by atoms with Crippen LogP contribution in [0.15, 0.2) is 53.0 Å². The molecule has 2 aliphatic carbocycles. The molecule has 10 heteroatoms. The number of carbonyl (C=O) groups excluding carboxylic acids is 2. The number of piperidine rings is 1. The van der Waals surface area contributed by atoms with Crippen LogP contribution in [0.5, 0.6) is 0 Å². The summed E-state index contributed by atoms with van der Waals surface area (Å²) in [5, 5.41) is 12.2. The van der Waals surface area contributed by atoms with Crippen LogP contribution >= 0.6 is 23.2 Å². The van der Waals surface area contributed by atoms with Crippen LogP contribution in [-0.2, 0) is 4.79 Å². The maximum atomic E-state index is 14.6. The van der Waals surface area contributed by atoms with E-state index in [1.165, 1.54) is 23.6 Å². The number of allylic oxidation sites excluding steroid dienone is 2. The number of aliphatic hydroxyl groups excluding tert-OH is 1. The Labute approximate surface area is 224 Å². The lowest BCUT2D eigenvalue weighted by Gasteiger charge is -2.29. The molecule has 5 rings (SSSR count). The van der Waals surface area contributed by atoms with Crippen molar-refractivity contribution in [3.05, 3.63) is 63.7 Å². The number of carbonyl (C=O) groups is 2. The topological polar surface area (TPSA) is 85.8 Å². The van der Waals surface area contributed by atoms with E-state index in [2.05, 4.69) is 15.2 Å². The summed E-state index contributed by atoms with van der Waals surface area (Å²) in [6.45, 7) is 1.69. The third-order valence-electron chi connectivity index (χ3n) is 7.17.